The maximum absolute atomic E-state index is 13.0. The molecule has 9 heteroatoms. The molecule has 4 rings (SSSR count). The van der Waals surface area contributed by atoms with Crippen LogP contribution in [0.3, 0.4) is 0 Å². The smallest absolute Gasteiger partial charge is 0.236 e. The Morgan fingerprint density at radius 2 is 1.90 bits per heavy atom. The molecule has 1 aliphatic heterocycles. The zero-order valence-electron chi connectivity index (χ0n) is 16.7. The number of nitrogens with zero attached hydrogens (tertiary/aromatic N) is 3. The van der Waals surface area contributed by atoms with Crippen molar-refractivity contribution in [1.82, 2.24) is 20.2 Å². The maximum atomic E-state index is 13.0. The summed E-state index contributed by atoms with van der Waals surface area (Å²) < 4.78 is 12.2. The van der Waals surface area contributed by atoms with E-state index in [1.807, 2.05) is 59.3 Å². The molecular weight excluding hydrogens is 402 g/mol. The number of benzene rings is 2. The van der Waals surface area contributed by atoms with Crippen molar-refractivity contribution >= 4 is 17.7 Å². The first kappa shape index (κ1) is 20.2. The number of carbonyl (C=O) groups is 1. The summed E-state index contributed by atoms with van der Waals surface area (Å²) in [7, 11) is 3.24. The Morgan fingerprint density at radius 1 is 1.13 bits per heavy atom. The number of hydrogen-bond acceptors (Lipinski definition) is 7. The van der Waals surface area contributed by atoms with E-state index in [0.717, 1.165) is 16.9 Å². The normalized spacial score (nSPS) is 17.7. The van der Waals surface area contributed by atoms with Gasteiger partial charge in [0.1, 0.15) is 11.0 Å². The Labute approximate surface area is 179 Å². The van der Waals surface area contributed by atoms with Crippen LogP contribution in [0.4, 0.5) is 0 Å². The number of rotatable bonds is 7. The highest BCUT2D eigenvalue weighted by atomic mass is 32.2. The highest BCUT2D eigenvalue weighted by Crippen LogP contribution is 2.38. The molecule has 2 aromatic carbocycles. The highest BCUT2D eigenvalue weighted by molar-refractivity contribution is 8.00. The van der Waals surface area contributed by atoms with Gasteiger partial charge in [-0.1, -0.05) is 54.2 Å². The average Bonchev–Trinajstić information content (AvgIpc) is 3.22. The summed E-state index contributed by atoms with van der Waals surface area (Å²) in [5, 5.41) is 11.8. The number of hydrogen-bond donors (Lipinski definition) is 2. The van der Waals surface area contributed by atoms with Crippen molar-refractivity contribution in [2.75, 3.05) is 32.8 Å². The van der Waals surface area contributed by atoms with Crippen LogP contribution in [0.15, 0.2) is 59.8 Å². The summed E-state index contributed by atoms with van der Waals surface area (Å²) in [4.78, 5) is 13.0. The Morgan fingerprint density at radius 3 is 2.60 bits per heavy atom. The van der Waals surface area contributed by atoms with E-state index < -0.39 is 5.25 Å². The van der Waals surface area contributed by atoms with E-state index in [2.05, 4.69) is 20.9 Å². The largest absolute Gasteiger partial charge is 0.497 e. The molecule has 0 unspecified atom stereocenters. The van der Waals surface area contributed by atoms with Crippen LogP contribution in [0.2, 0.25) is 0 Å². The van der Waals surface area contributed by atoms with Gasteiger partial charge in [-0.3, -0.25) is 4.79 Å². The van der Waals surface area contributed by atoms with Crippen LogP contribution >= 0.6 is 11.8 Å². The summed E-state index contributed by atoms with van der Waals surface area (Å²) in [5.41, 5.74) is 5.37. The lowest BCUT2D eigenvalue weighted by Crippen LogP contribution is -2.44. The lowest BCUT2D eigenvalue weighted by Gasteiger charge is -2.33. The molecule has 0 saturated heterocycles. The molecule has 8 nitrogen and oxygen atoms in total. The van der Waals surface area contributed by atoms with Gasteiger partial charge in [-0.2, -0.15) is 0 Å². The Kier molecular flexibility index (Phi) is 6.20. The summed E-state index contributed by atoms with van der Waals surface area (Å²) in [6.45, 7) is 0.905. The van der Waals surface area contributed by atoms with Crippen LogP contribution in [0.1, 0.15) is 11.6 Å². The summed E-state index contributed by atoms with van der Waals surface area (Å²) >= 11 is 1.39. The van der Waals surface area contributed by atoms with Crippen LogP contribution < -0.4 is 15.5 Å². The quantitative estimate of drug-likeness (QED) is 0.562. The van der Waals surface area contributed by atoms with Gasteiger partial charge in [-0.25, -0.2) is 4.68 Å². The fraction of sp³-hybridized carbons (Fsp3) is 0.286. The summed E-state index contributed by atoms with van der Waals surface area (Å²) in [5.74, 6) is 1.38. The molecule has 0 aliphatic carbocycles. The molecule has 0 radical (unpaired) electrons. The van der Waals surface area contributed by atoms with Crippen LogP contribution in [0.5, 0.6) is 5.75 Å². The van der Waals surface area contributed by atoms with E-state index in [0.29, 0.717) is 24.1 Å². The van der Waals surface area contributed by atoms with Crippen LogP contribution in [0, 0.1) is 0 Å². The molecule has 1 amide bonds. The number of carbonyl (C=O) groups excluding carboxylic acids is 1. The molecule has 2 atom stereocenters. The minimum atomic E-state index is -0.421. The molecule has 1 aliphatic rings. The minimum absolute atomic E-state index is 0.0825. The second kappa shape index (κ2) is 9.19. The van der Waals surface area contributed by atoms with Gasteiger partial charge in [-0.15, -0.1) is 10.2 Å². The van der Waals surface area contributed by atoms with Gasteiger partial charge < -0.3 is 20.2 Å². The van der Waals surface area contributed by atoms with Crippen molar-refractivity contribution in [2.24, 2.45) is 0 Å². The minimum Gasteiger partial charge on any atom is -0.497 e. The summed E-state index contributed by atoms with van der Waals surface area (Å²) in [6.07, 6.45) is 0. The monoisotopic (exact) mass is 425 g/mol. The van der Waals surface area contributed by atoms with Crippen molar-refractivity contribution in [3.05, 3.63) is 60.2 Å². The molecule has 2 N–H and O–H groups in total. The molecule has 0 saturated carbocycles. The Balaban J connectivity index is 1.67. The number of nitrogens with one attached hydrogen (secondary N) is 2. The molecule has 0 spiro atoms. The van der Waals surface area contributed by atoms with Gasteiger partial charge in [-0.05, 0) is 17.7 Å². The van der Waals surface area contributed by atoms with E-state index >= 15 is 0 Å². The standard InChI is InChI=1S/C21H23N5O3S/c1-28-13-12-22-20(27)18-17(14-8-10-16(29-2)11-9-14)25-26-19(23-24-21(26)30-18)15-6-4-3-5-7-15/h3-11,17-18,25H,12-13H2,1-2H3,(H,22,27)/t17-,18+/m1/s1. The van der Waals surface area contributed by atoms with Crippen molar-refractivity contribution in [1.29, 1.82) is 0 Å². The third-order valence-electron chi connectivity index (χ3n) is 4.81. The molecule has 2 heterocycles. The van der Waals surface area contributed by atoms with Crippen LogP contribution in [-0.2, 0) is 9.53 Å². The van der Waals surface area contributed by atoms with E-state index in [1.165, 1.54) is 11.8 Å². The van der Waals surface area contributed by atoms with Gasteiger partial charge in [0.2, 0.25) is 11.1 Å². The number of thioether (sulfide) groups is 1. The number of methoxy groups -OCH3 is 2. The number of amides is 1. The zero-order valence-corrected chi connectivity index (χ0v) is 17.6. The van der Waals surface area contributed by atoms with Gasteiger partial charge >= 0.3 is 0 Å². The van der Waals surface area contributed by atoms with Crippen molar-refractivity contribution < 1.29 is 14.3 Å². The maximum Gasteiger partial charge on any atom is 0.236 e. The summed E-state index contributed by atoms with van der Waals surface area (Å²) in [6, 6.07) is 17.3. The highest BCUT2D eigenvalue weighted by Gasteiger charge is 2.37. The Bertz CT molecular complexity index is 994. The topological polar surface area (TPSA) is 90.3 Å². The second-order valence-electron chi connectivity index (χ2n) is 6.71. The lowest BCUT2D eigenvalue weighted by molar-refractivity contribution is -0.121. The number of fused-ring (bicyclic) bond motifs is 1. The van der Waals surface area contributed by atoms with Crippen molar-refractivity contribution in [3.63, 3.8) is 0 Å². The van der Waals surface area contributed by atoms with Crippen LogP contribution in [0.25, 0.3) is 11.4 Å². The molecule has 0 fully saturated rings. The molecule has 30 heavy (non-hydrogen) atoms. The number of aromatic nitrogens is 3. The molecular formula is C21H23N5O3S. The Hall–Kier alpha value is -3.04. The first-order valence-corrected chi connectivity index (χ1v) is 10.4. The molecule has 1 aromatic heterocycles. The van der Waals surface area contributed by atoms with Gasteiger partial charge in [0, 0.05) is 19.2 Å². The zero-order chi connectivity index (χ0) is 20.9. The van der Waals surface area contributed by atoms with E-state index in [1.54, 1.807) is 14.2 Å². The molecule has 3 aromatic rings. The van der Waals surface area contributed by atoms with Gasteiger partial charge in [0.15, 0.2) is 5.82 Å². The number of ether oxygens (including phenoxy) is 2. The predicted octanol–water partition coefficient (Wildman–Crippen LogP) is 2.48. The first-order chi connectivity index (χ1) is 14.7. The predicted molar refractivity (Wildman–Crippen MR) is 115 cm³/mol. The molecule has 0 bridgehead atoms. The lowest BCUT2D eigenvalue weighted by atomic mass is 10.0. The molecule has 156 valence electrons. The van der Waals surface area contributed by atoms with E-state index in [4.69, 9.17) is 9.47 Å². The van der Waals surface area contributed by atoms with Gasteiger partial charge in [0.05, 0.1) is 19.8 Å². The second-order valence-corrected chi connectivity index (χ2v) is 7.82. The third kappa shape index (κ3) is 4.12. The SMILES string of the molecule is COCCNC(=O)[C@H]1Sc2nnc(-c3ccccc3)n2N[C@@H]1c1ccc(OC)cc1. The van der Waals surface area contributed by atoms with Crippen molar-refractivity contribution in [3.8, 4) is 17.1 Å². The van der Waals surface area contributed by atoms with E-state index in [9.17, 15) is 4.79 Å². The van der Waals surface area contributed by atoms with Crippen molar-refractivity contribution in [2.45, 2.75) is 16.4 Å². The van der Waals surface area contributed by atoms with E-state index in [-0.39, 0.29) is 11.9 Å². The fourth-order valence-electron chi connectivity index (χ4n) is 3.27. The third-order valence-corrected chi connectivity index (χ3v) is 6.02. The van der Waals surface area contributed by atoms with Gasteiger partial charge in [0.25, 0.3) is 0 Å². The fourth-order valence-corrected chi connectivity index (χ4v) is 4.37. The first-order valence-electron chi connectivity index (χ1n) is 9.56. The average molecular weight is 426 g/mol. The van der Waals surface area contributed by atoms with Crippen LogP contribution in [-0.4, -0.2) is 53.4 Å².